The van der Waals surface area contributed by atoms with Gasteiger partial charge < -0.3 is 4.74 Å². The quantitative estimate of drug-likeness (QED) is 0.205. The molecule has 0 saturated heterocycles. The van der Waals surface area contributed by atoms with Gasteiger partial charge in [-0.3, -0.25) is 0 Å². The predicted octanol–water partition coefficient (Wildman–Crippen LogP) is 10.2. The van der Waals surface area contributed by atoms with Gasteiger partial charge in [0, 0.05) is 5.57 Å². The molecule has 0 bridgehead atoms. The summed E-state index contributed by atoms with van der Waals surface area (Å²) in [5.74, 6) is 0.818. The van der Waals surface area contributed by atoms with Crippen LogP contribution in [0.1, 0.15) is 92.9 Å². The van der Waals surface area contributed by atoms with Gasteiger partial charge in [0.1, 0.15) is 11.4 Å². The highest BCUT2D eigenvalue weighted by molar-refractivity contribution is 5.51. The van der Waals surface area contributed by atoms with Gasteiger partial charge in [0.15, 0.2) is 0 Å². The van der Waals surface area contributed by atoms with Crippen molar-refractivity contribution in [3.05, 3.63) is 94.4 Å². The molecule has 0 aromatic rings. The number of halogens is 1. The lowest BCUT2D eigenvalue weighted by Gasteiger charge is -2.29. The summed E-state index contributed by atoms with van der Waals surface area (Å²) in [5, 5.41) is 0. The molecule has 0 aliphatic heterocycles. The minimum absolute atomic E-state index is 0.613. The Morgan fingerprint density at radius 1 is 1.00 bits per heavy atom. The number of rotatable bonds is 12. The zero-order valence-electron chi connectivity index (χ0n) is 22.8. The molecule has 1 aliphatic rings. The maximum absolute atomic E-state index is 15.2. The summed E-state index contributed by atoms with van der Waals surface area (Å²) in [4.78, 5) is 0. The highest BCUT2D eigenvalue weighted by atomic mass is 19.1. The molecular weight excluding hydrogens is 419 g/mol. The summed E-state index contributed by atoms with van der Waals surface area (Å²) in [7, 11) is 1.67. The number of methoxy groups -OCH3 is 1. The summed E-state index contributed by atoms with van der Waals surface area (Å²) >= 11 is 0. The summed E-state index contributed by atoms with van der Waals surface area (Å²) < 4.78 is 20.6. The Bertz CT molecular complexity index is 895. The number of hydrogen-bond acceptors (Lipinski definition) is 1. The molecule has 0 heterocycles. The molecule has 1 nitrogen and oxygen atoms in total. The van der Waals surface area contributed by atoms with Crippen molar-refractivity contribution < 1.29 is 9.13 Å². The molecule has 0 atom stereocenters. The molecule has 2 heteroatoms. The Labute approximate surface area is 209 Å². The molecule has 0 radical (unpaired) electrons. The third-order valence-corrected chi connectivity index (χ3v) is 6.56. The van der Waals surface area contributed by atoms with E-state index < -0.39 is 5.67 Å². The van der Waals surface area contributed by atoms with E-state index in [1.165, 1.54) is 28.7 Å². The van der Waals surface area contributed by atoms with Gasteiger partial charge in [-0.15, -0.1) is 0 Å². The van der Waals surface area contributed by atoms with Gasteiger partial charge in [-0.05, 0) is 95.9 Å². The van der Waals surface area contributed by atoms with Crippen molar-refractivity contribution in [2.24, 2.45) is 0 Å². The molecule has 0 unspecified atom stereocenters. The van der Waals surface area contributed by atoms with Gasteiger partial charge in [-0.1, -0.05) is 80.0 Å². The molecule has 34 heavy (non-hydrogen) atoms. The van der Waals surface area contributed by atoms with Crippen LogP contribution in [0.3, 0.4) is 0 Å². The Morgan fingerprint density at radius 2 is 1.65 bits per heavy atom. The Balaban J connectivity index is 3.17. The Morgan fingerprint density at radius 3 is 2.21 bits per heavy atom. The molecule has 1 rings (SSSR count). The Kier molecular flexibility index (Phi) is 12.9. The monoisotopic (exact) mass is 466 g/mol. The van der Waals surface area contributed by atoms with Crippen LogP contribution in [0.15, 0.2) is 94.4 Å². The van der Waals surface area contributed by atoms with Gasteiger partial charge >= 0.3 is 0 Å². The van der Waals surface area contributed by atoms with Crippen molar-refractivity contribution in [1.82, 2.24) is 0 Å². The van der Waals surface area contributed by atoms with Crippen molar-refractivity contribution in [2.75, 3.05) is 7.11 Å². The molecule has 1 aliphatic carbocycles. The van der Waals surface area contributed by atoms with E-state index in [4.69, 9.17) is 4.74 Å². The SMILES string of the molecule is C=C(C)/C(C(=C)/C=C(/C)CC(=C\CCC1(F)CCCCC1)/C(C)=C/C=C(C)\C=C\C)=C(/C)OC. The largest absolute Gasteiger partial charge is 0.501 e. The molecule has 1 saturated carbocycles. The molecule has 1 fully saturated rings. The highest BCUT2D eigenvalue weighted by Crippen LogP contribution is 2.36. The maximum atomic E-state index is 15.2. The minimum atomic E-state index is -0.988. The van der Waals surface area contributed by atoms with Crippen molar-refractivity contribution in [3.63, 3.8) is 0 Å². The summed E-state index contributed by atoms with van der Waals surface area (Å²) in [5.41, 5.74) is 6.67. The van der Waals surface area contributed by atoms with Crippen molar-refractivity contribution in [3.8, 4) is 0 Å². The molecule has 0 spiro atoms. The van der Waals surface area contributed by atoms with Crippen LogP contribution < -0.4 is 0 Å². The Hall–Kier alpha value is -2.35. The average molecular weight is 467 g/mol. The van der Waals surface area contributed by atoms with E-state index in [2.05, 4.69) is 64.3 Å². The topological polar surface area (TPSA) is 9.23 Å². The second-order valence-corrected chi connectivity index (χ2v) is 9.85. The van der Waals surface area contributed by atoms with Crippen molar-refractivity contribution >= 4 is 0 Å². The van der Waals surface area contributed by atoms with Gasteiger partial charge in [-0.25, -0.2) is 4.39 Å². The minimum Gasteiger partial charge on any atom is -0.501 e. The molecule has 188 valence electrons. The first-order valence-corrected chi connectivity index (χ1v) is 12.7. The highest BCUT2D eigenvalue weighted by Gasteiger charge is 2.30. The molecule has 0 N–H and O–H groups in total. The van der Waals surface area contributed by atoms with Crippen LogP contribution >= 0.6 is 0 Å². The van der Waals surface area contributed by atoms with E-state index in [-0.39, 0.29) is 0 Å². The fourth-order valence-corrected chi connectivity index (χ4v) is 4.62. The number of alkyl halides is 1. The number of hydrogen-bond donors (Lipinski definition) is 0. The lowest BCUT2D eigenvalue weighted by Crippen LogP contribution is -2.25. The average Bonchev–Trinajstić information content (AvgIpc) is 2.77. The van der Waals surface area contributed by atoms with E-state index in [0.29, 0.717) is 19.3 Å². The second kappa shape index (κ2) is 14.8. The zero-order valence-corrected chi connectivity index (χ0v) is 22.8. The normalized spacial score (nSPS) is 18.7. The van der Waals surface area contributed by atoms with E-state index in [1.54, 1.807) is 7.11 Å². The summed E-state index contributed by atoms with van der Waals surface area (Å²) in [6.07, 6.45) is 19.6. The van der Waals surface area contributed by atoms with Crippen LogP contribution in [0, 0.1) is 0 Å². The summed E-state index contributed by atoms with van der Waals surface area (Å²) in [6.45, 7) is 20.7. The number of ether oxygens (including phenoxy) is 1. The van der Waals surface area contributed by atoms with E-state index in [0.717, 1.165) is 48.2 Å². The van der Waals surface area contributed by atoms with Crippen LogP contribution in [-0.2, 0) is 4.74 Å². The molecule has 0 aromatic heterocycles. The van der Waals surface area contributed by atoms with Gasteiger partial charge in [0.25, 0.3) is 0 Å². The van der Waals surface area contributed by atoms with Crippen molar-refractivity contribution in [2.45, 2.75) is 98.6 Å². The third kappa shape index (κ3) is 10.3. The van der Waals surface area contributed by atoms with E-state index in [9.17, 15) is 0 Å². The standard InChI is InChI=1S/C32H47FO/c1-10-15-25(4)17-18-27(6)30(16-14-21-32(33)19-12-11-13-20-32)23-26(5)22-28(7)31(24(2)3)29(8)34-9/h10,15-18,22H,2,7,11-14,19-21,23H2,1,3-6,8-9H3/b15-10+,25-17-,26-22-,27-18+,30-16+,31-29+. The van der Waals surface area contributed by atoms with Crippen LogP contribution in [0.2, 0.25) is 0 Å². The molecule has 0 amide bonds. The van der Waals surface area contributed by atoms with Crippen LogP contribution in [0.4, 0.5) is 4.39 Å². The van der Waals surface area contributed by atoms with E-state index >= 15 is 4.39 Å². The maximum Gasteiger partial charge on any atom is 0.111 e. The number of allylic oxidation sites excluding steroid dienone is 14. The van der Waals surface area contributed by atoms with Crippen LogP contribution in [-0.4, -0.2) is 12.8 Å². The second-order valence-electron chi connectivity index (χ2n) is 9.85. The van der Waals surface area contributed by atoms with E-state index in [1.807, 2.05) is 26.8 Å². The lowest BCUT2D eigenvalue weighted by molar-refractivity contribution is 0.0975. The first-order chi connectivity index (χ1) is 16.0. The van der Waals surface area contributed by atoms with Crippen molar-refractivity contribution in [1.29, 1.82) is 0 Å². The molecule has 0 aromatic carbocycles. The first-order valence-electron chi connectivity index (χ1n) is 12.7. The smallest absolute Gasteiger partial charge is 0.111 e. The van der Waals surface area contributed by atoms with Gasteiger partial charge in [0.05, 0.1) is 7.11 Å². The lowest BCUT2D eigenvalue weighted by atomic mass is 9.83. The predicted molar refractivity (Wildman–Crippen MR) is 149 cm³/mol. The fourth-order valence-electron chi connectivity index (χ4n) is 4.62. The molecular formula is C32H47FO. The zero-order chi connectivity index (χ0) is 25.7. The first kappa shape index (κ1) is 29.7. The fraction of sp³-hybridized carbons (Fsp3) is 0.500. The third-order valence-electron chi connectivity index (χ3n) is 6.56. The van der Waals surface area contributed by atoms with Crippen LogP contribution in [0.5, 0.6) is 0 Å². The summed E-state index contributed by atoms with van der Waals surface area (Å²) in [6, 6.07) is 0. The van der Waals surface area contributed by atoms with Gasteiger partial charge in [0.2, 0.25) is 0 Å². The van der Waals surface area contributed by atoms with Gasteiger partial charge in [-0.2, -0.15) is 0 Å². The van der Waals surface area contributed by atoms with Crippen LogP contribution in [0.25, 0.3) is 0 Å².